The topological polar surface area (TPSA) is 49.3 Å². The number of hydrogen-bond acceptors (Lipinski definition) is 2. The highest BCUT2D eigenvalue weighted by Gasteiger charge is 2.20. The van der Waals surface area contributed by atoms with Crippen LogP contribution in [0.15, 0.2) is 84.9 Å². The summed E-state index contributed by atoms with van der Waals surface area (Å²) in [5, 5.41) is 13.3. The Morgan fingerprint density at radius 1 is 0.862 bits per heavy atom. The minimum Gasteiger partial charge on any atom is -0.388 e. The van der Waals surface area contributed by atoms with Crippen LogP contribution in [0.4, 0.5) is 4.39 Å². The van der Waals surface area contributed by atoms with Gasteiger partial charge in [0.25, 0.3) is 0 Å². The number of carbonyl (C=O) groups excluding carboxylic acids is 1. The second kappa shape index (κ2) is 9.99. The zero-order valence-electron chi connectivity index (χ0n) is 16.5. The predicted octanol–water partition coefficient (Wildman–Crippen LogP) is 4.98. The molecule has 0 aromatic heterocycles. The fourth-order valence-electron chi connectivity index (χ4n) is 3.53. The molecule has 1 amide bonds. The first kappa shape index (κ1) is 20.7. The van der Waals surface area contributed by atoms with Crippen LogP contribution >= 0.6 is 0 Å². The molecule has 0 aliphatic carbocycles. The lowest BCUT2D eigenvalue weighted by atomic mass is 9.88. The summed E-state index contributed by atoms with van der Waals surface area (Å²) in [7, 11) is 0. The molecule has 0 unspecified atom stereocenters. The fraction of sp³-hybridized carbons (Fsp3) is 0.240. The van der Waals surface area contributed by atoms with Crippen LogP contribution in [0.2, 0.25) is 0 Å². The van der Waals surface area contributed by atoms with E-state index in [-0.39, 0.29) is 23.7 Å². The van der Waals surface area contributed by atoms with E-state index in [0.29, 0.717) is 18.4 Å². The van der Waals surface area contributed by atoms with Gasteiger partial charge >= 0.3 is 0 Å². The van der Waals surface area contributed by atoms with Gasteiger partial charge in [-0.05, 0) is 42.2 Å². The zero-order valence-corrected chi connectivity index (χ0v) is 16.5. The molecule has 0 radical (unpaired) electrons. The minimum absolute atomic E-state index is 0.0355. The van der Waals surface area contributed by atoms with Crippen LogP contribution in [0.5, 0.6) is 0 Å². The van der Waals surface area contributed by atoms with Crippen LogP contribution in [-0.2, 0) is 4.79 Å². The van der Waals surface area contributed by atoms with Crippen molar-refractivity contribution in [2.75, 3.05) is 0 Å². The average Bonchev–Trinajstić information content (AvgIpc) is 2.73. The Balaban J connectivity index is 1.63. The maximum Gasteiger partial charge on any atom is 0.221 e. The summed E-state index contributed by atoms with van der Waals surface area (Å²) in [5.74, 6) is -0.441. The molecule has 4 heteroatoms. The van der Waals surface area contributed by atoms with E-state index in [1.54, 1.807) is 12.1 Å². The molecule has 0 saturated carbocycles. The standard InChI is InChI=1S/C25H26FNO2/c1-18(16-24(28)21-12-14-22(26)15-13-21)27-25(29)17-23(19-8-4-2-5-9-19)20-10-6-3-7-11-20/h2-15,18,23-24,28H,16-17H2,1H3,(H,27,29)/t18-,24+/m1/s1. The van der Waals surface area contributed by atoms with Crippen molar-refractivity contribution in [1.29, 1.82) is 0 Å². The van der Waals surface area contributed by atoms with E-state index >= 15 is 0 Å². The molecule has 150 valence electrons. The summed E-state index contributed by atoms with van der Waals surface area (Å²) in [6.45, 7) is 1.87. The van der Waals surface area contributed by atoms with E-state index in [1.807, 2.05) is 67.6 Å². The van der Waals surface area contributed by atoms with Gasteiger partial charge in [-0.3, -0.25) is 4.79 Å². The normalized spacial score (nSPS) is 13.1. The summed E-state index contributed by atoms with van der Waals surface area (Å²) < 4.78 is 13.0. The van der Waals surface area contributed by atoms with Crippen LogP contribution in [0, 0.1) is 5.82 Å². The molecule has 0 aliphatic heterocycles. The molecular formula is C25H26FNO2. The largest absolute Gasteiger partial charge is 0.388 e. The Morgan fingerprint density at radius 3 is 1.90 bits per heavy atom. The third-order valence-electron chi connectivity index (χ3n) is 5.03. The molecule has 29 heavy (non-hydrogen) atoms. The summed E-state index contributed by atoms with van der Waals surface area (Å²) in [6, 6.07) is 25.5. The second-order valence-electron chi connectivity index (χ2n) is 7.35. The number of amides is 1. The third-order valence-corrected chi connectivity index (χ3v) is 5.03. The monoisotopic (exact) mass is 391 g/mol. The quantitative estimate of drug-likeness (QED) is 0.569. The first-order valence-corrected chi connectivity index (χ1v) is 9.85. The lowest BCUT2D eigenvalue weighted by Crippen LogP contribution is -2.34. The average molecular weight is 391 g/mol. The predicted molar refractivity (Wildman–Crippen MR) is 113 cm³/mol. The lowest BCUT2D eigenvalue weighted by molar-refractivity contribution is -0.122. The number of benzene rings is 3. The number of rotatable bonds is 8. The highest BCUT2D eigenvalue weighted by Crippen LogP contribution is 2.28. The van der Waals surface area contributed by atoms with Crippen LogP contribution < -0.4 is 5.32 Å². The SMILES string of the molecule is C[C@H](C[C@H](O)c1ccc(F)cc1)NC(=O)CC(c1ccccc1)c1ccccc1. The number of halogens is 1. The molecule has 0 aliphatic rings. The maximum absolute atomic E-state index is 13.0. The van der Waals surface area contributed by atoms with Crippen molar-refractivity contribution < 1.29 is 14.3 Å². The zero-order chi connectivity index (χ0) is 20.6. The van der Waals surface area contributed by atoms with Crippen LogP contribution in [-0.4, -0.2) is 17.1 Å². The van der Waals surface area contributed by atoms with E-state index in [9.17, 15) is 14.3 Å². The summed E-state index contributed by atoms with van der Waals surface area (Å²) in [6.07, 6.45) is -0.0751. The Labute approximate surface area is 171 Å². The van der Waals surface area contributed by atoms with Crippen molar-refractivity contribution in [2.45, 2.75) is 37.8 Å². The van der Waals surface area contributed by atoms with Gasteiger partial charge in [-0.15, -0.1) is 0 Å². The number of nitrogens with one attached hydrogen (secondary N) is 1. The number of aliphatic hydroxyl groups is 1. The van der Waals surface area contributed by atoms with E-state index in [0.717, 1.165) is 11.1 Å². The summed E-state index contributed by atoms with van der Waals surface area (Å²) >= 11 is 0. The van der Waals surface area contributed by atoms with Gasteiger partial charge in [0.2, 0.25) is 5.91 Å². The molecule has 3 aromatic rings. The molecule has 3 nitrogen and oxygen atoms in total. The van der Waals surface area contributed by atoms with Gasteiger partial charge in [-0.1, -0.05) is 72.8 Å². The van der Waals surface area contributed by atoms with Gasteiger partial charge in [0.15, 0.2) is 0 Å². The first-order chi connectivity index (χ1) is 14.0. The smallest absolute Gasteiger partial charge is 0.221 e. The minimum atomic E-state index is -0.759. The number of hydrogen-bond donors (Lipinski definition) is 2. The number of aliphatic hydroxyl groups excluding tert-OH is 1. The van der Waals surface area contributed by atoms with Gasteiger partial charge in [0, 0.05) is 18.4 Å². The van der Waals surface area contributed by atoms with Gasteiger partial charge < -0.3 is 10.4 Å². The van der Waals surface area contributed by atoms with E-state index in [1.165, 1.54) is 12.1 Å². The van der Waals surface area contributed by atoms with Crippen molar-refractivity contribution in [3.05, 3.63) is 107 Å². The molecule has 0 fully saturated rings. The maximum atomic E-state index is 13.0. The molecule has 3 rings (SSSR count). The van der Waals surface area contributed by atoms with Crippen molar-refractivity contribution >= 4 is 5.91 Å². The van der Waals surface area contributed by atoms with Crippen LogP contribution in [0.3, 0.4) is 0 Å². The van der Waals surface area contributed by atoms with E-state index in [2.05, 4.69) is 5.32 Å². The molecule has 0 heterocycles. The molecule has 2 atom stereocenters. The summed E-state index contributed by atoms with van der Waals surface area (Å²) in [5.41, 5.74) is 2.82. The number of carbonyl (C=O) groups is 1. The van der Waals surface area contributed by atoms with E-state index in [4.69, 9.17) is 0 Å². The molecular weight excluding hydrogens is 365 g/mol. The van der Waals surface area contributed by atoms with Crippen LogP contribution in [0.1, 0.15) is 48.5 Å². The van der Waals surface area contributed by atoms with Gasteiger partial charge in [-0.25, -0.2) is 4.39 Å². The van der Waals surface area contributed by atoms with Gasteiger partial charge in [0.1, 0.15) is 5.82 Å². The molecule has 0 saturated heterocycles. The van der Waals surface area contributed by atoms with Crippen LogP contribution in [0.25, 0.3) is 0 Å². The Morgan fingerprint density at radius 2 is 1.38 bits per heavy atom. The third kappa shape index (κ3) is 6.00. The first-order valence-electron chi connectivity index (χ1n) is 9.85. The van der Waals surface area contributed by atoms with Gasteiger partial charge in [-0.2, -0.15) is 0 Å². The fourth-order valence-corrected chi connectivity index (χ4v) is 3.53. The van der Waals surface area contributed by atoms with Crippen molar-refractivity contribution in [1.82, 2.24) is 5.32 Å². The Hall–Kier alpha value is -2.98. The molecule has 3 aromatic carbocycles. The highest BCUT2D eigenvalue weighted by atomic mass is 19.1. The lowest BCUT2D eigenvalue weighted by Gasteiger charge is -2.21. The van der Waals surface area contributed by atoms with Crippen molar-refractivity contribution in [3.63, 3.8) is 0 Å². The Kier molecular flexibility index (Phi) is 7.14. The molecule has 0 spiro atoms. The molecule has 2 N–H and O–H groups in total. The molecule has 0 bridgehead atoms. The Bertz CT molecular complexity index is 858. The summed E-state index contributed by atoms with van der Waals surface area (Å²) in [4.78, 5) is 12.7. The van der Waals surface area contributed by atoms with E-state index < -0.39 is 6.10 Å². The highest BCUT2D eigenvalue weighted by molar-refractivity contribution is 5.77. The van der Waals surface area contributed by atoms with Crippen molar-refractivity contribution in [3.8, 4) is 0 Å². The van der Waals surface area contributed by atoms with Crippen molar-refractivity contribution in [2.24, 2.45) is 0 Å². The second-order valence-corrected chi connectivity index (χ2v) is 7.35. The van der Waals surface area contributed by atoms with Gasteiger partial charge in [0.05, 0.1) is 6.10 Å².